The molecule has 0 aliphatic rings. The van der Waals surface area contributed by atoms with Gasteiger partial charge in [0, 0.05) is 28.1 Å². The van der Waals surface area contributed by atoms with Gasteiger partial charge in [-0.15, -0.1) is 5.10 Å². The molecule has 0 amide bonds. The van der Waals surface area contributed by atoms with Crippen LogP contribution < -0.4 is 4.74 Å². The van der Waals surface area contributed by atoms with Crippen LogP contribution in [0.3, 0.4) is 0 Å². The lowest BCUT2D eigenvalue weighted by Gasteiger charge is -2.11. The van der Waals surface area contributed by atoms with Crippen molar-refractivity contribution >= 4 is 21.9 Å². The number of ether oxygens (including phenoxy) is 1. The first kappa shape index (κ1) is 18.3. The summed E-state index contributed by atoms with van der Waals surface area (Å²) in [6.45, 7) is 0.220. The van der Waals surface area contributed by atoms with E-state index < -0.39 is 0 Å². The van der Waals surface area contributed by atoms with Gasteiger partial charge in [0.1, 0.15) is 29.2 Å². The van der Waals surface area contributed by atoms with Crippen molar-refractivity contribution < 1.29 is 9.15 Å². The van der Waals surface area contributed by atoms with Crippen molar-refractivity contribution in [1.29, 1.82) is 0 Å². The Kier molecular flexibility index (Phi) is 4.35. The SMILES string of the molecule is c1ccc(-c2c(-c3ccc(OCc4nnn[nH]4)c4ncccc34)oc3ccccc23)cc1. The maximum Gasteiger partial charge on any atom is 0.186 e. The number of nitrogens with zero attached hydrogens (tertiary/aromatic N) is 4. The Morgan fingerprint density at radius 2 is 1.69 bits per heavy atom. The van der Waals surface area contributed by atoms with E-state index in [2.05, 4.69) is 43.8 Å². The number of para-hydroxylation sites is 1. The van der Waals surface area contributed by atoms with E-state index in [1.807, 2.05) is 60.7 Å². The van der Waals surface area contributed by atoms with E-state index in [0.717, 1.165) is 44.3 Å². The fraction of sp³-hybridized carbons (Fsp3) is 0.0400. The number of pyridine rings is 1. The summed E-state index contributed by atoms with van der Waals surface area (Å²) in [6.07, 6.45) is 1.76. The lowest BCUT2D eigenvalue weighted by Crippen LogP contribution is -1.99. The van der Waals surface area contributed by atoms with Gasteiger partial charge in [0.25, 0.3) is 0 Å². The summed E-state index contributed by atoms with van der Waals surface area (Å²) in [5.74, 6) is 2.00. The molecule has 0 spiro atoms. The Bertz CT molecular complexity index is 1520. The minimum absolute atomic E-state index is 0.220. The van der Waals surface area contributed by atoms with Gasteiger partial charge in [-0.05, 0) is 40.3 Å². The van der Waals surface area contributed by atoms with Crippen molar-refractivity contribution in [2.45, 2.75) is 6.61 Å². The normalized spacial score (nSPS) is 11.2. The van der Waals surface area contributed by atoms with Crippen LogP contribution in [0.4, 0.5) is 0 Å². The second-order valence-corrected chi connectivity index (χ2v) is 7.32. The quantitative estimate of drug-likeness (QED) is 0.402. The molecule has 0 fully saturated rings. The van der Waals surface area contributed by atoms with Gasteiger partial charge in [-0.3, -0.25) is 4.98 Å². The lowest BCUT2D eigenvalue weighted by atomic mass is 9.96. The summed E-state index contributed by atoms with van der Waals surface area (Å²) in [6, 6.07) is 26.3. The molecule has 3 aromatic heterocycles. The van der Waals surface area contributed by atoms with Crippen molar-refractivity contribution in [3.05, 3.63) is 90.9 Å². The fourth-order valence-electron chi connectivity index (χ4n) is 3.97. The third-order valence-electron chi connectivity index (χ3n) is 5.39. The third kappa shape index (κ3) is 3.07. The summed E-state index contributed by atoms with van der Waals surface area (Å²) >= 11 is 0. The standard InChI is InChI=1S/C25H17N5O2/c1-2-7-16(8-3-1)23-19-9-4-5-11-20(19)32-25(23)18-12-13-21(24-17(18)10-6-14-26-24)31-15-22-27-29-30-28-22/h1-14H,15H2,(H,27,28,29,30). The minimum atomic E-state index is 0.220. The predicted octanol–water partition coefficient (Wildman–Crippen LogP) is 5.41. The van der Waals surface area contributed by atoms with Gasteiger partial charge in [-0.1, -0.05) is 54.6 Å². The Hall–Kier alpha value is -4.52. The fourth-order valence-corrected chi connectivity index (χ4v) is 3.97. The number of hydrogen-bond donors (Lipinski definition) is 1. The van der Waals surface area contributed by atoms with E-state index in [1.54, 1.807) is 6.20 Å². The molecule has 32 heavy (non-hydrogen) atoms. The predicted molar refractivity (Wildman–Crippen MR) is 121 cm³/mol. The first-order valence-corrected chi connectivity index (χ1v) is 10.2. The van der Waals surface area contributed by atoms with Gasteiger partial charge in [0.05, 0.1) is 0 Å². The summed E-state index contributed by atoms with van der Waals surface area (Å²) in [7, 11) is 0. The number of aromatic nitrogens is 5. The average Bonchev–Trinajstić information content (AvgIpc) is 3.51. The minimum Gasteiger partial charge on any atom is -0.483 e. The van der Waals surface area contributed by atoms with Gasteiger partial charge < -0.3 is 9.15 Å². The van der Waals surface area contributed by atoms with Crippen molar-refractivity contribution in [3.63, 3.8) is 0 Å². The number of hydrogen-bond acceptors (Lipinski definition) is 6. The van der Waals surface area contributed by atoms with Crippen LogP contribution in [0.2, 0.25) is 0 Å². The average molecular weight is 419 g/mol. The molecule has 0 aliphatic carbocycles. The molecule has 154 valence electrons. The number of furan rings is 1. The molecule has 0 bridgehead atoms. The van der Waals surface area contributed by atoms with Gasteiger partial charge in [0.15, 0.2) is 5.82 Å². The third-order valence-corrected chi connectivity index (χ3v) is 5.39. The number of H-pyrrole nitrogens is 1. The summed E-state index contributed by atoms with van der Waals surface area (Å²) < 4.78 is 12.4. The zero-order valence-electron chi connectivity index (χ0n) is 16.9. The molecular weight excluding hydrogens is 402 g/mol. The highest BCUT2D eigenvalue weighted by atomic mass is 16.5. The Morgan fingerprint density at radius 1 is 0.844 bits per heavy atom. The highest BCUT2D eigenvalue weighted by molar-refractivity contribution is 6.07. The first-order chi connectivity index (χ1) is 15.9. The molecule has 0 saturated carbocycles. The Morgan fingerprint density at radius 3 is 2.56 bits per heavy atom. The Labute approximate surface area is 182 Å². The van der Waals surface area contributed by atoms with Crippen LogP contribution in [0, 0.1) is 0 Å². The second kappa shape index (κ2) is 7.63. The highest BCUT2D eigenvalue weighted by Crippen LogP contribution is 2.43. The molecule has 0 saturated heterocycles. The van der Waals surface area contributed by atoms with E-state index in [-0.39, 0.29) is 6.61 Å². The molecule has 3 heterocycles. The van der Waals surface area contributed by atoms with Crippen molar-refractivity contribution in [1.82, 2.24) is 25.6 Å². The van der Waals surface area contributed by atoms with Crippen LogP contribution in [0.25, 0.3) is 44.3 Å². The first-order valence-electron chi connectivity index (χ1n) is 10.2. The van der Waals surface area contributed by atoms with Crippen LogP contribution in [-0.2, 0) is 6.61 Å². The van der Waals surface area contributed by atoms with E-state index in [9.17, 15) is 0 Å². The monoisotopic (exact) mass is 419 g/mol. The molecule has 3 aromatic carbocycles. The molecule has 1 N–H and O–H groups in total. The van der Waals surface area contributed by atoms with Crippen LogP contribution in [-0.4, -0.2) is 25.6 Å². The number of tetrazole rings is 1. The molecule has 6 rings (SSSR count). The van der Waals surface area contributed by atoms with Gasteiger partial charge in [-0.25, -0.2) is 5.10 Å². The second-order valence-electron chi connectivity index (χ2n) is 7.32. The van der Waals surface area contributed by atoms with Crippen LogP contribution in [0.15, 0.2) is 89.5 Å². The van der Waals surface area contributed by atoms with Crippen molar-refractivity contribution in [2.75, 3.05) is 0 Å². The zero-order valence-corrected chi connectivity index (χ0v) is 16.9. The van der Waals surface area contributed by atoms with Crippen molar-refractivity contribution in [3.8, 4) is 28.2 Å². The van der Waals surface area contributed by atoms with Crippen molar-refractivity contribution in [2.24, 2.45) is 0 Å². The number of nitrogens with one attached hydrogen (secondary N) is 1. The zero-order chi connectivity index (χ0) is 21.3. The number of rotatable bonds is 5. The number of fused-ring (bicyclic) bond motifs is 2. The van der Waals surface area contributed by atoms with E-state index >= 15 is 0 Å². The number of benzene rings is 3. The summed E-state index contributed by atoms with van der Waals surface area (Å²) in [5.41, 5.74) is 4.71. The van der Waals surface area contributed by atoms with E-state index in [1.165, 1.54) is 0 Å². The topological polar surface area (TPSA) is 89.7 Å². The smallest absolute Gasteiger partial charge is 0.186 e. The van der Waals surface area contributed by atoms with Gasteiger partial charge in [0.2, 0.25) is 0 Å². The molecule has 0 aliphatic heterocycles. The number of aromatic amines is 1. The highest BCUT2D eigenvalue weighted by Gasteiger charge is 2.20. The van der Waals surface area contributed by atoms with E-state index in [0.29, 0.717) is 11.6 Å². The van der Waals surface area contributed by atoms with Gasteiger partial charge in [-0.2, -0.15) is 0 Å². The molecule has 7 nitrogen and oxygen atoms in total. The maximum absolute atomic E-state index is 6.41. The van der Waals surface area contributed by atoms with Crippen LogP contribution in [0.5, 0.6) is 5.75 Å². The molecule has 0 atom stereocenters. The Balaban J connectivity index is 1.54. The molecule has 6 aromatic rings. The molecule has 7 heteroatoms. The molecule has 0 unspecified atom stereocenters. The lowest BCUT2D eigenvalue weighted by molar-refractivity contribution is 0.299. The summed E-state index contributed by atoms with van der Waals surface area (Å²) in [4.78, 5) is 4.60. The van der Waals surface area contributed by atoms with E-state index in [4.69, 9.17) is 9.15 Å². The molecule has 0 radical (unpaired) electrons. The maximum atomic E-state index is 6.41. The van der Waals surface area contributed by atoms with Gasteiger partial charge >= 0.3 is 0 Å². The molecular formula is C25H17N5O2. The van der Waals surface area contributed by atoms with Crippen LogP contribution in [0.1, 0.15) is 5.82 Å². The van der Waals surface area contributed by atoms with Crippen LogP contribution >= 0.6 is 0 Å². The largest absolute Gasteiger partial charge is 0.483 e. The summed E-state index contributed by atoms with van der Waals surface area (Å²) in [5, 5.41) is 15.7.